The highest BCUT2D eigenvalue weighted by Gasteiger charge is 2.11. The van der Waals surface area contributed by atoms with Gasteiger partial charge in [-0.25, -0.2) is 0 Å². The number of carbonyl (C=O) groups is 1. The van der Waals surface area contributed by atoms with Gasteiger partial charge < -0.3 is 10.3 Å². The van der Waals surface area contributed by atoms with E-state index in [4.69, 9.17) is 0 Å². The second-order valence-electron chi connectivity index (χ2n) is 5.01. The number of H-pyrrole nitrogens is 1. The first-order valence-corrected chi connectivity index (χ1v) is 7.53. The first-order valence-electron chi connectivity index (χ1n) is 6.74. The molecule has 3 rings (SSSR count). The van der Waals surface area contributed by atoms with Crippen LogP contribution in [0.4, 0.5) is 5.69 Å². The molecule has 0 fully saturated rings. The van der Waals surface area contributed by atoms with E-state index in [1.165, 1.54) is 0 Å². The second kappa shape index (κ2) is 5.77. The topological polar surface area (TPSA) is 62.0 Å². The third kappa shape index (κ3) is 2.80. The fraction of sp³-hybridized carbons (Fsp3) is 0.0588. The Labute approximate surface area is 135 Å². The number of aromatic nitrogens is 1. The SMILES string of the molecule is Cc1cc(Br)ccc1NC(=O)c1cc2ccccc2c(=O)[nH]1. The van der Waals surface area contributed by atoms with Crippen LogP contribution >= 0.6 is 15.9 Å². The molecule has 0 spiro atoms. The standard InChI is InChI=1S/C17H13BrN2O2/c1-10-8-12(18)6-7-14(10)19-17(22)15-9-11-4-2-3-5-13(11)16(21)20-15/h2-9H,1H3,(H,19,22)(H,20,21). The van der Waals surface area contributed by atoms with Gasteiger partial charge in [0.1, 0.15) is 5.69 Å². The van der Waals surface area contributed by atoms with E-state index in [9.17, 15) is 9.59 Å². The lowest BCUT2D eigenvalue weighted by Gasteiger charge is -2.09. The fourth-order valence-corrected chi connectivity index (χ4v) is 2.77. The molecule has 1 aromatic heterocycles. The van der Waals surface area contributed by atoms with Gasteiger partial charge in [-0.2, -0.15) is 0 Å². The van der Waals surface area contributed by atoms with Crippen molar-refractivity contribution in [3.63, 3.8) is 0 Å². The van der Waals surface area contributed by atoms with Gasteiger partial charge >= 0.3 is 0 Å². The molecule has 2 N–H and O–H groups in total. The summed E-state index contributed by atoms with van der Waals surface area (Å²) < 4.78 is 0.946. The van der Waals surface area contributed by atoms with E-state index in [0.717, 1.165) is 15.4 Å². The van der Waals surface area contributed by atoms with Crippen molar-refractivity contribution in [2.75, 3.05) is 5.32 Å². The molecule has 0 saturated carbocycles. The van der Waals surface area contributed by atoms with E-state index in [2.05, 4.69) is 26.2 Å². The molecule has 0 aliphatic rings. The summed E-state index contributed by atoms with van der Waals surface area (Å²) in [5, 5.41) is 4.12. The summed E-state index contributed by atoms with van der Waals surface area (Å²) in [7, 11) is 0. The Morgan fingerprint density at radius 3 is 2.68 bits per heavy atom. The zero-order chi connectivity index (χ0) is 15.7. The summed E-state index contributed by atoms with van der Waals surface area (Å²) in [6.45, 7) is 1.91. The molecule has 110 valence electrons. The maximum absolute atomic E-state index is 12.4. The van der Waals surface area contributed by atoms with E-state index < -0.39 is 0 Å². The van der Waals surface area contributed by atoms with Crippen LogP contribution in [-0.2, 0) is 0 Å². The van der Waals surface area contributed by atoms with Crippen LogP contribution < -0.4 is 10.9 Å². The van der Waals surface area contributed by atoms with Crippen molar-refractivity contribution in [3.05, 3.63) is 74.6 Å². The highest BCUT2D eigenvalue weighted by molar-refractivity contribution is 9.10. The van der Waals surface area contributed by atoms with E-state index >= 15 is 0 Å². The molecule has 0 unspecified atom stereocenters. The largest absolute Gasteiger partial charge is 0.320 e. The maximum Gasteiger partial charge on any atom is 0.272 e. The lowest BCUT2D eigenvalue weighted by atomic mass is 10.1. The minimum atomic E-state index is -0.340. The Kier molecular flexibility index (Phi) is 3.81. The molecule has 2 aromatic carbocycles. The number of pyridine rings is 1. The van der Waals surface area contributed by atoms with Gasteiger partial charge in [-0.15, -0.1) is 0 Å². The van der Waals surface area contributed by atoms with Crippen LogP contribution in [0.1, 0.15) is 16.1 Å². The average Bonchev–Trinajstić information content (AvgIpc) is 2.50. The number of halogens is 1. The van der Waals surface area contributed by atoms with Crippen LogP contribution in [0.5, 0.6) is 0 Å². The molecule has 4 nitrogen and oxygen atoms in total. The third-order valence-corrected chi connectivity index (χ3v) is 3.93. The molecule has 0 bridgehead atoms. The Bertz CT molecular complexity index is 931. The van der Waals surface area contributed by atoms with E-state index in [-0.39, 0.29) is 17.2 Å². The number of anilines is 1. The van der Waals surface area contributed by atoms with Crippen LogP contribution in [0.3, 0.4) is 0 Å². The normalized spacial score (nSPS) is 10.6. The number of aromatic amines is 1. The summed E-state index contributed by atoms with van der Waals surface area (Å²) in [5.74, 6) is -0.340. The van der Waals surface area contributed by atoms with Gasteiger partial charge in [0.25, 0.3) is 11.5 Å². The minimum Gasteiger partial charge on any atom is -0.320 e. The third-order valence-electron chi connectivity index (χ3n) is 3.43. The summed E-state index contributed by atoms with van der Waals surface area (Å²) in [6, 6.07) is 14.4. The minimum absolute atomic E-state index is 0.242. The molecular formula is C17H13BrN2O2. The lowest BCUT2D eigenvalue weighted by molar-refractivity contribution is 0.102. The van der Waals surface area contributed by atoms with Crippen molar-refractivity contribution in [1.82, 2.24) is 4.98 Å². The van der Waals surface area contributed by atoms with Gasteiger partial charge in [0.05, 0.1) is 0 Å². The van der Waals surface area contributed by atoms with Gasteiger partial charge in [-0.3, -0.25) is 9.59 Å². The van der Waals surface area contributed by atoms with Crippen molar-refractivity contribution in [2.24, 2.45) is 0 Å². The van der Waals surface area contributed by atoms with Gasteiger partial charge in [-0.05, 0) is 48.2 Å². The first kappa shape index (κ1) is 14.5. The number of aryl methyl sites for hydroxylation is 1. The molecule has 0 saturated heterocycles. The van der Waals surface area contributed by atoms with E-state index in [0.29, 0.717) is 11.1 Å². The quantitative estimate of drug-likeness (QED) is 0.732. The number of hydrogen-bond acceptors (Lipinski definition) is 2. The molecular weight excluding hydrogens is 344 g/mol. The molecule has 0 radical (unpaired) electrons. The van der Waals surface area contributed by atoms with Crippen LogP contribution in [0, 0.1) is 6.92 Å². The Morgan fingerprint density at radius 1 is 1.14 bits per heavy atom. The monoisotopic (exact) mass is 356 g/mol. The Morgan fingerprint density at radius 2 is 1.91 bits per heavy atom. The second-order valence-corrected chi connectivity index (χ2v) is 5.93. The maximum atomic E-state index is 12.4. The zero-order valence-electron chi connectivity index (χ0n) is 11.8. The summed E-state index contributed by atoms with van der Waals surface area (Å²) in [5.41, 5.74) is 1.62. The van der Waals surface area contributed by atoms with Crippen LogP contribution in [-0.4, -0.2) is 10.9 Å². The number of nitrogens with one attached hydrogen (secondary N) is 2. The van der Waals surface area contributed by atoms with Gasteiger partial charge in [0.15, 0.2) is 0 Å². The van der Waals surface area contributed by atoms with Crippen LogP contribution in [0.2, 0.25) is 0 Å². The zero-order valence-corrected chi connectivity index (χ0v) is 13.4. The molecule has 0 atom stereocenters. The number of benzene rings is 2. The highest BCUT2D eigenvalue weighted by atomic mass is 79.9. The Hall–Kier alpha value is -2.40. The van der Waals surface area contributed by atoms with Gasteiger partial charge in [0.2, 0.25) is 0 Å². The van der Waals surface area contributed by atoms with Gasteiger partial charge in [-0.1, -0.05) is 34.1 Å². The van der Waals surface area contributed by atoms with Crippen molar-refractivity contribution in [2.45, 2.75) is 6.92 Å². The number of carbonyl (C=O) groups excluding carboxylic acids is 1. The summed E-state index contributed by atoms with van der Waals surface area (Å²) >= 11 is 3.38. The van der Waals surface area contributed by atoms with Crippen molar-refractivity contribution < 1.29 is 4.79 Å². The molecule has 5 heteroatoms. The molecule has 1 amide bonds. The molecule has 3 aromatic rings. The molecule has 0 aliphatic carbocycles. The number of rotatable bonds is 2. The first-order chi connectivity index (χ1) is 10.5. The summed E-state index contributed by atoms with van der Waals surface area (Å²) in [4.78, 5) is 27.0. The number of hydrogen-bond donors (Lipinski definition) is 2. The molecule has 0 aliphatic heterocycles. The average molecular weight is 357 g/mol. The summed E-state index contributed by atoms with van der Waals surface area (Å²) in [6.07, 6.45) is 0. The molecule has 1 heterocycles. The predicted molar refractivity (Wildman–Crippen MR) is 91.4 cm³/mol. The van der Waals surface area contributed by atoms with E-state index in [1.807, 2.05) is 37.3 Å². The predicted octanol–water partition coefficient (Wildman–Crippen LogP) is 3.85. The van der Waals surface area contributed by atoms with Crippen LogP contribution in [0.25, 0.3) is 10.8 Å². The Balaban J connectivity index is 1.97. The van der Waals surface area contributed by atoms with E-state index in [1.54, 1.807) is 18.2 Å². The lowest BCUT2D eigenvalue weighted by Crippen LogP contribution is -2.19. The highest BCUT2D eigenvalue weighted by Crippen LogP contribution is 2.20. The smallest absolute Gasteiger partial charge is 0.272 e. The van der Waals surface area contributed by atoms with Gasteiger partial charge in [0, 0.05) is 15.5 Å². The van der Waals surface area contributed by atoms with Crippen molar-refractivity contribution >= 4 is 38.3 Å². The van der Waals surface area contributed by atoms with Crippen LogP contribution in [0.15, 0.2) is 57.8 Å². The van der Waals surface area contributed by atoms with Crippen molar-refractivity contribution in [3.8, 4) is 0 Å². The van der Waals surface area contributed by atoms with Crippen molar-refractivity contribution in [1.29, 1.82) is 0 Å². The fourth-order valence-electron chi connectivity index (χ4n) is 2.29. The number of fused-ring (bicyclic) bond motifs is 1. The molecule has 22 heavy (non-hydrogen) atoms. The number of amides is 1.